The van der Waals surface area contributed by atoms with Crippen LogP contribution in [0.15, 0.2) is 90.2 Å². The molecule has 1 unspecified atom stereocenters. The number of aliphatic imine (C=N–C) groups is 1. The predicted molar refractivity (Wildman–Crippen MR) is 116 cm³/mol. The molecule has 0 spiro atoms. The minimum atomic E-state index is 0.0605. The van der Waals surface area contributed by atoms with E-state index in [4.69, 9.17) is 9.73 Å². The number of aromatic nitrogens is 2. The second kappa shape index (κ2) is 7.21. The smallest absolute Gasteiger partial charge is 0.250 e. The first kappa shape index (κ1) is 17.7. The first-order chi connectivity index (χ1) is 14.2. The van der Waals surface area contributed by atoms with Crippen LogP contribution in [0.4, 0.5) is 0 Å². The van der Waals surface area contributed by atoms with Crippen molar-refractivity contribution in [3.8, 4) is 5.69 Å². The van der Waals surface area contributed by atoms with Crippen LogP contribution in [0.2, 0.25) is 0 Å². The summed E-state index contributed by atoms with van der Waals surface area (Å²) < 4.78 is 10.5. The summed E-state index contributed by atoms with van der Waals surface area (Å²) in [7, 11) is 0. The van der Waals surface area contributed by atoms with Crippen molar-refractivity contribution in [2.24, 2.45) is 4.99 Å². The quantitative estimate of drug-likeness (QED) is 0.456. The molecule has 1 aliphatic heterocycles. The van der Waals surface area contributed by atoms with Crippen molar-refractivity contribution in [3.63, 3.8) is 0 Å². The van der Waals surface area contributed by atoms with E-state index in [1.165, 1.54) is 16.6 Å². The zero-order valence-electron chi connectivity index (χ0n) is 16.7. The zero-order valence-corrected chi connectivity index (χ0v) is 16.7. The van der Waals surface area contributed by atoms with Gasteiger partial charge in [-0.05, 0) is 49.7 Å². The van der Waals surface area contributed by atoms with E-state index in [9.17, 15) is 0 Å². The van der Waals surface area contributed by atoms with Gasteiger partial charge in [0.2, 0.25) is 12.2 Å². The fourth-order valence-corrected chi connectivity index (χ4v) is 3.92. The third-order valence-electron chi connectivity index (χ3n) is 5.42. The number of hydrogen-bond acceptors (Lipinski definition) is 2. The molecule has 0 bridgehead atoms. The Kier molecular flexibility index (Phi) is 4.39. The molecular formula is C25H24N3O+. The Labute approximate surface area is 170 Å². The lowest BCUT2D eigenvalue weighted by Crippen LogP contribution is -2.34. The fourth-order valence-electron chi connectivity index (χ4n) is 3.92. The Morgan fingerprint density at radius 1 is 0.966 bits per heavy atom. The molecule has 0 fully saturated rings. The van der Waals surface area contributed by atoms with Crippen LogP contribution in [-0.2, 0) is 4.74 Å². The normalized spacial score (nSPS) is 16.2. The Morgan fingerprint density at radius 3 is 2.59 bits per heavy atom. The molecule has 29 heavy (non-hydrogen) atoms. The zero-order chi connectivity index (χ0) is 19.8. The molecular weight excluding hydrogens is 358 g/mol. The van der Waals surface area contributed by atoms with Gasteiger partial charge in [-0.25, -0.2) is 9.56 Å². The van der Waals surface area contributed by atoms with Crippen molar-refractivity contribution in [2.75, 3.05) is 6.61 Å². The van der Waals surface area contributed by atoms with E-state index in [2.05, 4.69) is 90.0 Å². The average Bonchev–Trinajstić information content (AvgIpc) is 3.40. The van der Waals surface area contributed by atoms with Gasteiger partial charge >= 0.3 is 0 Å². The van der Waals surface area contributed by atoms with Crippen molar-refractivity contribution in [3.05, 3.63) is 96.3 Å². The number of rotatable bonds is 4. The molecule has 1 aliphatic rings. The van der Waals surface area contributed by atoms with E-state index in [1.807, 2.05) is 18.2 Å². The van der Waals surface area contributed by atoms with Crippen LogP contribution < -0.4 is 4.57 Å². The summed E-state index contributed by atoms with van der Waals surface area (Å²) in [5.41, 5.74) is 5.72. The summed E-state index contributed by atoms with van der Waals surface area (Å²) >= 11 is 0. The van der Waals surface area contributed by atoms with Crippen molar-refractivity contribution >= 4 is 16.9 Å². The molecule has 0 amide bonds. The minimum Gasteiger partial charge on any atom is -0.475 e. The maximum absolute atomic E-state index is 5.96. The van der Waals surface area contributed by atoms with Gasteiger partial charge in [0.25, 0.3) is 0 Å². The second-order valence-electron chi connectivity index (χ2n) is 7.70. The van der Waals surface area contributed by atoms with E-state index >= 15 is 0 Å². The summed E-state index contributed by atoms with van der Waals surface area (Å²) in [6, 6.07) is 27.7. The number of benzene rings is 3. The monoisotopic (exact) mass is 382 g/mol. The Bertz CT molecular complexity index is 1190. The summed E-state index contributed by atoms with van der Waals surface area (Å²) in [6.45, 7) is 5.00. The number of fused-ring (bicyclic) bond motifs is 1. The van der Waals surface area contributed by atoms with Gasteiger partial charge in [-0.3, -0.25) is 0 Å². The molecule has 144 valence electrons. The van der Waals surface area contributed by atoms with Crippen molar-refractivity contribution in [1.29, 1.82) is 0 Å². The van der Waals surface area contributed by atoms with Gasteiger partial charge in [-0.1, -0.05) is 48.5 Å². The Hall–Kier alpha value is -3.40. The summed E-state index contributed by atoms with van der Waals surface area (Å²) in [6.07, 6.45) is 2.18. The third kappa shape index (κ3) is 3.21. The lowest BCUT2D eigenvalue weighted by atomic mass is 10.1. The maximum Gasteiger partial charge on any atom is 0.250 e. The summed E-state index contributed by atoms with van der Waals surface area (Å²) in [5.74, 6) is 0.717. The highest BCUT2D eigenvalue weighted by Gasteiger charge is 2.23. The lowest BCUT2D eigenvalue weighted by Gasteiger charge is -2.04. The molecule has 4 nitrogen and oxygen atoms in total. The van der Waals surface area contributed by atoms with E-state index in [-0.39, 0.29) is 6.04 Å². The highest BCUT2D eigenvalue weighted by molar-refractivity contribution is 5.95. The minimum absolute atomic E-state index is 0.0605. The third-order valence-corrected chi connectivity index (χ3v) is 5.42. The number of hydrogen-bond donors (Lipinski definition) is 0. The van der Waals surface area contributed by atoms with Crippen LogP contribution in [0, 0.1) is 0 Å². The topological polar surface area (TPSA) is 30.4 Å². The molecule has 0 N–H and O–H groups in total. The molecule has 4 aromatic rings. The number of nitrogens with zero attached hydrogens (tertiary/aromatic N) is 3. The second-order valence-corrected chi connectivity index (χ2v) is 7.70. The van der Waals surface area contributed by atoms with E-state index in [0.717, 1.165) is 11.3 Å². The maximum atomic E-state index is 5.96. The number of ether oxygens (including phenoxy) is 1. The predicted octanol–water partition coefficient (Wildman–Crippen LogP) is 5.02. The molecule has 0 saturated carbocycles. The molecule has 1 atom stereocenters. The summed E-state index contributed by atoms with van der Waals surface area (Å²) in [4.78, 5) is 4.84. The average molecular weight is 382 g/mol. The molecule has 4 heteroatoms. The van der Waals surface area contributed by atoms with Crippen LogP contribution >= 0.6 is 0 Å². The van der Waals surface area contributed by atoms with Gasteiger partial charge in [-0.2, -0.15) is 4.57 Å². The fraction of sp³-hybridized carbons (Fsp3) is 0.200. The van der Waals surface area contributed by atoms with Crippen LogP contribution in [0.5, 0.6) is 0 Å². The molecule has 5 rings (SSSR count). The summed E-state index contributed by atoms with van der Waals surface area (Å²) in [5, 5.41) is 0. The van der Waals surface area contributed by atoms with Crippen molar-refractivity contribution in [1.82, 2.24) is 4.57 Å². The van der Waals surface area contributed by atoms with Gasteiger partial charge in [0.05, 0.1) is 6.04 Å². The Balaban J connectivity index is 1.54. The molecule has 0 saturated heterocycles. The molecule has 0 radical (unpaired) electrons. The molecule has 0 aliphatic carbocycles. The highest BCUT2D eigenvalue weighted by Crippen LogP contribution is 2.26. The van der Waals surface area contributed by atoms with Gasteiger partial charge < -0.3 is 4.74 Å². The van der Waals surface area contributed by atoms with Gasteiger partial charge in [0.1, 0.15) is 18.3 Å². The van der Waals surface area contributed by atoms with Crippen LogP contribution in [0.1, 0.15) is 37.1 Å². The van der Waals surface area contributed by atoms with E-state index in [0.29, 0.717) is 18.5 Å². The molecule has 3 aromatic carbocycles. The first-order valence-corrected chi connectivity index (χ1v) is 10.1. The van der Waals surface area contributed by atoms with Crippen LogP contribution in [-0.4, -0.2) is 17.1 Å². The molecule has 1 aromatic heterocycles. The van der Waals surface area contributed by atoms with Crippen molar-refractivity contribution in [2.45, 2.75) is 25.9 Å². The SMILES string of the molecule is CC(C)[n+]1cn(-c2cccc(C3=NC(c4ccccc4)CO3)c2)c2ccccc21. The lowest BCUT2D eigenvalue weighted by molar-refractivity contribution is -0.691. The highest BCUT2D eigenvalue weighted by atomic mass is 16.5. The van der Waals surface area contributed by atoms with Gasteiger partial charge in [-0.15, -0.1) is 0 Å². The Morgan fingerprint density at radius 2 is 1.76 bits per heavy atom. The molecule has 2 heterocycles. The van der Waals surface area contributed by atoms with Gasteiger partial charge in [0, 0.05) is 5.56 Å². The van der Waals surface area contributed by atoms with Crippen molar-refractivity contribution < 1.29 is 9.30 Å². The number of imidazole rings is 1. The first-order valence-electron chi connectivity index (χ1n) is 10.1. The van der Waals surface area contributed by atoms with Crippen LogP contribution in [0.25, 0.3) is 16.7 Å². The largest absolute Gasteiger partial charge is 0.475 e. The standard InChI is InChI=1S/C25H24N3O/c1-18(2)27-17-28(24-14-7-6-13-23(24)27)21-12-8-11-20(15-21)25-26-22(16-29-25)19-9-4-3-5-10-19/h3-15,17-18,22H,16H2,1-2H3/q+1. The van der Waals surface area contributed by atoms with E-state index in [1.54, 1.807) is 0 Å². The van der Waals surface area contributed by atoms with E-state index < -0.39 is 0 Å². The van der Waals surface area contributed by atoms with Crippen LogP contribution in [0.3, 0.4) is 0 Å². The van der Waals surface area contributed by atoms with Gasteiger partial charge in [0.15, 0.2) is 11.0 Å². The number of para-hydroxylation sites is 2.